The molecule has 0 spiro atoms. The summed E-state index contributed by atoms with van der Waals surface area (Å²) in [5, 5.41) is 6.67. The van der Waals surface area contributed by atoms with Crippen molar-refractivity contribution >= 4 is 29.0 Å². The Morgan fingerprint density at radius 2 is 2.00 bits per heavy atom. The van der Waals surface area contributed by atoms with E-state index in [1.54, 1.807) is 13.2 Å². The second kappa shape index (κ2) is 9.19. The van der Waals surface area contributed by atoms with Crippen LogP contribution in [0.25, 0.3) is 0 Å². The van der Waals surface area contributed by atoms with Crippen molar-refractivity contribution in [2.24, 2.45) is 0 Å². The average Bonchev–Trinajstić information content (AvgIpc) is 2.71. The van der Waals surface area contributed by atoms with Gasteiger partial charge in [0.15, 0.2) is 0 Å². The number of carbonyl (C=O) groups is 1. The molecule has 1 heterocycles. The molecule has 7 heteroatoms. The van der Waals surface area contributed by atoms with Crippen molar-refractivity contribution in [3.63, 3.8) is 0 Å². The molecule has 28 heavy (non-hydrogen) atoms. The van der Waals surface area contributed by atoms with Gasteiger partial charge in [-0.1, -0.05) is 29.8 Å². The lowest BCUT2D eigenvalue weighted by Gasteiger charge is -2.09. The number of carbonyl (C=O) groups excluding carboxylic acids is 1. The van der Waals surface area contributed by atoms with Gasteiger partial charge in [-0.15, -0.1) is 0 Å². The van der Waals surface area contributed by atoms with Crippen molar-refractivity contribution in [1.82, 2.24) is 15.3 Å². The maximum absolute atomic E-state index is 12.4. The molecule has 0 aliphatic heterocycles. The van der Waals surface area contributed by atoms with Gasteiger partial charge in [-0.3, -0.25) is 4.79 Å². The molecule has 3 rings (SSSR count). The fourth-order valence-corrected chi connectivity index (χ4v) is 2.79. The Balaban J connectivity index is 1.59. The normalized spacial score (nSPS) is 10.4. The SMILES string of the molecule is COc1cccc(CCNC(=O)c2cc(Nc3ccc(C)c(Cl)c3)ncn2)c1. The molecule has 0 saturated heterocycles. The number of ether oxygens (including phenoxy) is 1. The zero-order valence-electron chi connectivity index (χ0n) is 15.7. The second-order valence-electron chi connectivity index (χ2n) is 6.23. The maximum atomic E-state index is 12.4. The molecule has 0 unspecified atom stereocenters. The first-order valence-corrected chi connectivity index (χ1v) is 9.19. The summed E-state index contributed by atoms with van der Waals surface area (Å²) < 4.78 is 5.21. The third-order valence-electron chi connectivity index (χ3n) is 4.18. The maximum Gasteiger partial charge on any atom is 0.270 e. The summed E-state index contributed by atoms with van der Waals surface area (Å²) in [6.07, 6.45) is 2.05. The Hall–Kier alpha value is -3.12. The fraction of sp³-hybridized carbons (Fsp3) is 0.190. The van der Waals surface area contributed by atoms with E-state index in [0.717, 1.165) is 22.6 Å². The molecular weight excluding hydrogens is 376 g/mol. The number of anilines is 2. The van der Waals surface area contributed by atoms with Gasteiger partial charge in [-0.25, -0.2) is 9.97 Å². The van der Waals surface area contributed by atoms with E-state index in [2.05, 4.69) is 20.6 Å². The number of aryl methyl sites for hydroxylation is 1. The number of aromatic nitrogens is 2. The molecule has 0 atom stereocenters. The van der Waals surface area contributed by atoms with Gasteiger partial charge < -0.3 is 15.4 Å². The Bertz CT molecular complexity index is 978. The van der Waals surface area contributed by atoms with Gasteiger partial charge in [0.1, 0.15) is 23.6 Å². The van der Waals surface area contributed by atoms with Crippen LogP contribution in [0.3, 0.4) is 0 Å². The predicted molar refractivity (Wildman–Crippen MR) is 111 cm³/mol. The van der Waals surface area contributed by atoms with Gasteiger partial charge in [0, 0.05) is 23.3 Å². The number of nitrogens with zero attached hydrogens (tertiary/aromatic N) is 2. The first kappa shape index (κ1) is 19.6. The van der Waals surface area contributed by atoms with Crippen LogP contribution in [0.15, 0.2) is 54.9 Å². The second-order valence-corrected chi connectivity index (χ2v) is 6.64. The van der Waals surface area contributed by atoms with E-state index in [4.69, 9.17) is 16.3 Å². The largest absolute Gasteiger partial charge is 0.497 e. The van der Waals surface area contributed by atoms with E-state index in [0.29, 0.717) is 29.5 Å². The number of amides is 1. The standard InChI is InChI=1S/C21H21ClN4O2/c1-14-6-7-16(11-18(14)22)26-20-12-19(24-13-25-20)21(27)23-9-8-15-4-3-5-17(10-15)28-2/h3-7,10-13H,8-9H2,1-2H3,(H,23,27)(H,24,25,26). The zero-order chi connectivity index (χ0) is 19.9. The van der Waals surface area contributed by atoms with Crippen molar-refractivity contribution in [2.45, 2.75) is 13.3 Å². The third-order valence-corrected chi connectivity index (χ3v) is 4.58. The van der Waals surface area contributed by atoms with Crippen LogP contribution in [0, 0.1) is 6.92 Å². The summed E-state index contributed by atoms with van der Waals surface area (Å²) in [4.78, 5) is 20.6. The summed E-state index contributed by atoms with van der Waals surface area (Å²) >= 11 is 6.14. The van der Waals surface area contributed by atoms with Crippen molar-refractivity contribution in [1.29, 1.82) is 0 Å². The molecular formula is C21H21ClN4O2. The Labute approximate surface area is 168 Å². The van der Waals surface area contributed by atoms with Crippen LogP contribution in [-0.4, -0.2) is 29.5 Å². The molecule has 144 valence electrons. The number of hydrogen-bond acceptors (Lipinski definition) is 5. The first-order chi connectivity index (χ1) is 13.5. The average molecular weight is 397 g/mol. The highest BCUT2D eigenvalue weighted by molar-refractivity contribution is 6.31. The van der Waals surface area contributed by atoms with Crippen LogP contribution in [0.4, 0.5) is 11.5 Å². The minimum Gasteiger partial charge on any atom is -0.497 e. The molecule has 0 aliphatic carbocycles. The lowest BCUT2D eigenvalue weighted by Crippen LogP contribution is -2.26. The van der Waals surface area contributed by atoms with Gasteiger partial charge >= 0.3 is 0 Å². The quantitative estimate of drug-likeness (QED) is 0.627. The number of rotatable bonds is 7. The van der Waals surface area contributed by atoms with Crippen LogP contribution < -0.4 is 15.4 Å². The number of halogens is 1. The van der Waals surface area contributed by atoms with Crippen LogP contribution in [0.2, 0.25) is 5.02 Å². The van der Waals surface area contributed by atoms with E-state index < -0.39 is 0 Å². The lowest BCUT2D eigenvalue weighted by molar-refractivity contribution is 0.0949. The molecule has 0 radical (unpaired) electrons. The molecule has 6 nitrogen and oxygen atoms in total. The van der Waals surface area contributed by atoms with Crippen LogP contribution in [0.5, 0.6) is 5.75 Å². The molecule has 0 bridgehead atoms. The van der Waals surface area contributed by atoms with Gasteiger partial charge in [-0.2, -0.15) is 0 Å². The highest BCUT2D eigenvalue weighted by Crippen LogP contribution is 2.22. The molecule has 0 fully saturated rings. The molecule has 2 aromatic carbocycles. The Morgan fingerprint density at radius 1 is 1.14 bits per heavy atom. The summed E-state index contributed by atoms with van der Waals surface area (Å²) in [6, 6.07) is 15.0. The summed E-state index contributed by atoms with van der Waals surface area (Å²) in [5.74, 6) is 1.06. The van der Waals surface area contributed by atoms with E-state index in [1.165, 1.54) is 6.33 Å². The minimum absolute atomic E-state index is 0.254. The van der Waals surface area contributed by atoms with Gasteiger partial charge in [0.2, 0.25) is 0 Å². The molecule has 1 amide bonds. The Morgan fingerprint density at radius 3 is 2.79 bits per heavy atom. The smallest absolute Gasteiger partial charge is 0.270 e. The molecule has 2 N–H and O–H groups in total. The highest BCUT2D eigenvalue weighted by Gasteiger charge is 2.09. The van der Waals surface area contributed by atoms with Crippen LogP contribution >= 0.6 is 11.6 Å². The van der Waals surface area contributed by atoms with Crippen LogP contribution in [-0.2, 0) is 6.42 Å². The predicted octanol–water partition coefficient (Wildman–Crippen LogP) is 4.16. The van der Waals surface area contributed by atoms with E-state index in [-0.39, 0.29) is 5.91 Å². The van der Waals surface area contributed by atoms with Gasteiger partial charge in [0.25, 0.3) is 5.91 Å². The zero-order valence-corrected chi connectivity index (χ0v) is 16.5. The van der Waals surface area contributed by atoms with Crippen molar-refractivity contribution in [2.75, 3.05) is 19.0 Å². The summed E-state index contributed by atoms with van der Waals surface area (Å²) in [5.41, 5.74) is 3.16. The van der Waals surface area contributed by atoms with Gasteiger partial charge in [0.05, 0.1) is 7.11 Å². The molecule has 0 saturated carbocycles. The summed E-state index contributed by atoms with van der Waals surface area (Å²) in [7, 11) is 1.63. The number of benzene rings is 2. The van der Waals surface area contributed by atoms with Gasteiger partial charge in [-0.05, 0) is 48.7 Å². The van der Waals surface area contributed by atoms with Crippen molar-refractivity contribution in [3.05, 3.63) is 76.7 Å². The van der Waals surface area contributed by atoms with E-state index in [9.17, 15) is 4.79 Å². The first-order valence-electron chi connectivity index (χ1n) is 8.81. The molecule has 0 aliphatic rings. The number of methoxy groups -OCH3 is 1. The lowest BCUT2D eigenvalue weighted by atomic mass is 10.1. The van der Waals surface area contributed by atoms with E-state index in [1.807, 2.05) is 49.4 Å². The topological polar surface area (TPSA) is 76.1 Å². The fourth-order valence-electron chi connectivity index (χ4n) is 2.61. The molecule has 3 aromatic rings. The monoisotopic (exact) mass is 396 g/mol. The highest BCUT2D eigenvalue weighted by atomic mass is 35.5. The summed E-state index contributed by atoms with van der Waals surface area (Å²) in [6.45, 7) is 2.43. The minimum atomic E-state index is -0.254. The third kappa shape index (κ3) is 5.20. The van der Waals surface area contributed by atoms with E-state index >= 15 is 0 Å². The number of nitrogens with one attached hydrogen (secondary N) is 2. The molecule has 1 aromatic heterocycles. The van der Waals surface area contributed by atoms with Crippen molar-refractivity contribution < 1.29 is 9.53 Å². The van der Waals surface area contributed by atoms with Crippen LogP contribution in [0.1, 0.15) is 21.6 Å². The number of hydrogen-bond donors (Lipinski definition) is 2. The Kier molecular flexibility index (Phi) is 6.45. The van der Waals surface area contributed by atoms with Crippen molar-refractivity contribution in [3.8, 4) is 5.75 Å².